The van der Waals surface area contributed by atoms with Crippen molar-refractivity contribution in [1.29, 1.82) is 0 Å². The summed E-state index contributed by atoms with van der Waals surface area (Å²) in [6.45, 7) is 1.11. The molecule has 2 heterocycles. The van der Waals surface area contributed by atoms with Crippen LogP contribution in [-0.4, -0.2) is 25.4 Å². The molecule has 6 rings (SSSR count). The van der Waals surface area contributed by atoms with Crippen molar-refractivity contribution < 1.29 is 9.53 Å². The van der Waals surface area contributed by atoms with Gasteiger partial charge in [-0.3, -0.25) is 10.00 Å². The Labute approximate surface area is 233 Å². The number of hydrogen-bond donors (Lipinski definition) is 2. The first-order chi connectivity index (χ1) is 19.7. The predicted octanol–water partition coefficient (Wildman–Crippen LogP) is 6.98. The fourth-order valence-electron chi connectivity index (χ4n) is 5.40. The van der Waals surface area contributed by atoms with E-state index >= 15 is 0 Å². The molecule has 204 valence electrons. The van der Waals surface area contributed by atoms with E-state index in [4.69, 9.17) is 10.5 Å². The van der Waals surface area contributed by atoms with Gasteiger partial charge in [0.25, 0.3) is 0 Å². The molecule has 40 heavy (non-hydrogen) atoms. The number of amides is 1. The molecule has 1 aliphatic carbocycles. The first-order valence-electron chi connectivity index (χ1n) is 14.0. The van der Waals surface area contributed by atoms with E-state index in [-0.39, 0.29) is 6.61 Å². The summed E-state index contributed by atoms with van der Waals surface area (Å²) in [5, 5.41) is 8.12. The van der Waals surface area contributed by atoms with Crippen LogP contribution in [0.5, 0.6) is 0 Å². The van der Waals surface area contributed by atoms with Gasteiger partial charge in [-0.05, 0) is 73.9 Å². The minimum absolute atomic E-state index is 0.229. The van der Waals surface area contributed by atoms with E-state index in [0.717, 1.165) is 66.5 Å². The van der Waals surface area contributed by atoms with E-state index in [9.17, 15) is 4.79 Å². The Morgan fingerprint density at radius 3 is 2.55 bits per heavy atom. The van der Waals surface area contributed by atoms with Gasteiger partial charge < -0.3 is 15.0 Å². The number of aromatic nitrogens is 4. The molecule has 0 bridgehead atoms. The number of benzene rings is 3. The maximum absolute atomic E-state index is 12.3. The van der Waals surface area contributed by atoms with Gasteiger partial charge in [0.15, 0.2) is 0 Å². The van der Waals surface area contributed by atoms with Gasteiger partial charge in [0.1, 0.15) is 19.3 Å². The Hall–Kier alpha value is -4.59. The Bertz CT molecular complexity index is 1570. The fraction of sp³-hybridized carbons (Fsp3) is 0.281. The highest BCUT2D eigenvalue weighted by molar-refractivity contribution is 6.01. The van der Waals surface area contributed by atoms with Crippen molar-refractivity contribution in [2.75, 3.05) is 11.1 Å². The number of aryl methyl sites for hydroxylation is 2. The van der Waals surface area contributed by atoms with Gasteiger partial charge in [0.05, 0.1) is 16.9 Å². The summed E-state index contributed by atoms with van der Waals surface area (Å²) in [6.07, 6.45) is 9.53. The zero-order valence-electron chi connectivity index (χ0n) is 22.5. The number of fused-ring (bicyclic) bond motifs is 1. The van der Waals surface area contributed by atoms with Crippen molar-refractivity contribution in [3.05, 3.63) is 96.6 Å². The van der Waals surface area contributed by atoms with Gasteiger partial charge in [-0.25, -0.2) is 9.78 Å². The third-order valence-corrected chi connectivity index (χ3v) is 7.73. The SMILES string of the molecule is Nc1c(-c2ccc(NC(=O)OCc3ccccc3)cc2)n(C2CCC2)c2ccc(CCCCn3cncn3)cc12. The molecule has 0 unspecified atom stereocenters. The fourth-order valence-corrected chi connectivity index (χ4v) is 5.40. The summed E-state index contributed by atoms with van der Waals surface area (Å²) in [5.41, 5.74) is 13.9. The summed E-state index contributed by atoms with van der Waals surface area (Å²) in [6, 6.07) is 24.7. The first kappa shape index (κ1) is 25.7. The molecule has 3 N–H and O–H groups in total. The minimum atomic E-state index is -0.478. The van der Waals surface area contributed by atoms with E-state index in [1.807, 2.05) is 59.3 Å². The number of ether oxygens (including phenoxy) is 1. The zero-order valence-corrected chi connectivity index (χ0v) is 22.5. The van der Waals surface area contributed by atoms with Crippen molar-refractivity contribution in [3.8, 4) is 11.3 Å². The van der Waals surface area contributed by atoms with Gasteiger partial charge in [0.2, 0.25) is 0 Å². The van der Waals surface area contributed by atoms with E-state index < -0.39 is 6.09 Å². The summed E-state index contributed by atoms with van der Waals surface area (Å²) in [4.78, 5) is 16.3. The van der Waals surface area contributed by atoms with Crippen LogP contribution in [0, 0.1) is 0 Å². The van der Waals surface area contributed by atoms with Crippen molar-refractivity contribution in [1.82, 2.24) is 19.3 Å². The van der Waals surface area contributed by atoms with Crippen molar-refractivity contribution >= 4 is 28.4 Å². The molecule has 0 radical (unpaired) electrons. The lowest BCUT2D eigenvalue weighted by Crippen LogP contribution is -2.18. The number of anilines is 2. The van der Waals surface area contributed by atoms with Crippen LogP contribution in [0.1, 0.15) is 49.3 Å². The second kappa shape index (κ2) is 11.7. The van der Waals surface area contributed by atoms with Gasteiger partial charge >= 0.3 is 6.09 Å². The van der Waals surface area contributed by atoms with E-state index in [0.29, 0.717) is 11.7 Å². The molecule has 3 aromatic carbocycles. The highest BCUT2D eigenvalue weighted by Crippen LogP contribution is 2.44. The average Bonchev–Trinajstić information content (AvgIpc) is 3.57. The number of nitrogens with zero attached hydrogens (tertiary/aromatic N) is 4. The summed E-state index contributed by atoms with van der Waals surface area (Å²) >= 11 is 0. The molecule has 0 saturated heterocycles. The summed E-state index contributed by atoms with van der Waals surface area (Å²) in [5.74, 6) is 0. The molecule has 0 atom stereocenters. The molecule has 5 aromatic rings. The van der Waals surface area contributed by atoms with Crippen LogP contribution in [0.3, 0.4) is 0 Å². The topological polar surface area (TPSA) is 100.0 Å². The van der Waals surface area contributed by atoms with Crippen LogP contribution in [-0.2, 0) is 24.3 Å². The number of rotatable bonds is 10. The average molecular weight is 535 g/mol. The highest BCUT2D eigenvalue weighted by Gasteiger charge is 2.27. The molecule has 8 heteroatoms. The van der Waals surface area contributed by atoms with Gasteiger partial charge in [-0.1, -0.05) is 48.5 Å². The third-order valence-electron chi connectivity index (χ3n) is 7.73. The zero-order chi connectivity index (χ0) is 27.3. The Kier molecular flexibility index (Phi) is 7.48. The van der Waals surface area contributed by atoms with Crippen molar-refractivity contribution in [3.63, 3.8) is 0 Å². The quantitative estimate of drug-likeness (QED) is 0.188. The Morgan fingerprint density at radius 1 is 1.00 bits per heavy atom. The number of carbonyl (C=O) groups excluding carboxylic acids is 1. The number of unbranched alkanes of at least 4 members (excludes halogenated alkanes) is 1. The normalized spacial score (nSPS) is 13.3. The molecule has 0 aliphatic heterocycles. The minimum Gasteiger partial charge on any atom is -0.444 e. The largest absolute Gasteiger partial charge is 0.444 e. The van der Waals surface area contributed by atoms with Gasteiger partial charge in [0, 0.05) is 29.2 Å². The number of nitrogens with one attached hydrogen (secondary N) is 1. The third kappa shape index (κ3) is 5.57. The summed E-state index contributed by atoms with van der Waals surface area (Å²) in [7, 11) is 0. The second-order valence-corrected chi connectivity index (χ2v) is 10.4. The number of carbonyl (C=O) groups is 1. The van der Waals surface area contributed by atoms with Crippen LogP contribution in [0.15, 0.2) is 85.5 Å². The van der Waals surface area contributed by atoms with Crippen LogP contribution < -0.4 is 11.1 Å². The lowest BCUT2D eigenvalue weighted by molar-refractivity contribution is 0.155. The second-order valence-electron chi connectivity index (χ2n) is 10.4. The van der Waals surface area contributed by atoms with E-state index in [2.05, 4.69) is 38.2 Å². The maximum atomic E-state index is 12.3. The lowest BCUT2D eigenvalue weighted by atomic mass is 9.92. The van der Waals surface area contributed by atoms with Crippen LogP contribution in [0.4, 0.5) is 16.2 Å². The van der Waals surface area contributed by atoms with E-state index in [1.165, 1.54) is 17.5 Å². The number of nitrogen functional groups attached to an aromatic ring is 1. The highest BCUT2D eigenvalue weighted by atomic mass is 16.5. The van der Waals surface area contributed by atoms with E-state index in [1.54, 1.807) is 12.7 Å². The molecule has 1 fully saturated rings. The van der Waals surface area contributed by atoms with Crippen molar-refractivity contribution in [2.45, 2.75) is 57.7 Å². The molecule has 1 aliphatic rings. The van der Waals surface area contributed by atoms with Gasteiger partial charge in [-0.2, -0.15) is 5.10 Å². The Balaban J connectivity index is 1.18. The first-order valence-corrected chi connectivity index (χ1v) is 14.0. The molecule has 1 saturated carbocycles. The molecule has 0 spiro atoms. The number of nitrogens with two attached hydrogens (primary N) is 1. The van der Waals surface area contributed by atoms with Crippen molar-refractivity contribution in [2.24, 2.45) is 0 Å². The molecule has 8 nitrogen and oxygen atoms in total. The lowest BCUT2D eigenvalue weighted by Gasteiger charge is -2.30. The van der Waals surface area contributed by atoms with Crippen LogP contribution >= 0.6 is 0 Å². The molecular formula is C32H34N6O2. The molecule has 1 amide bonds. The monoisotopic (exact) mass is 534 g/mol. The van der Waals surface area contributed by atoms with Gasteiger partial charge in [-0.15, -0.1) is 0 Å². The molecular weight excluding hydrogens is 500 g/mol. The predicted molar refractivity (Wildman–Crippen MR) is 158 cm³/mol. The molecule has 2 aromatic heterocycles. The standard InChI is InChI=1S/C32H34N6O2/c33-30-28-19-23(7-4-5-18-37-22-34-21-35-37)12-17-29(28)38(27-10-6-11-27)31(30)25-13-15-26(16-14-25)36-32(39)40-20-24-8-2-1-3-9-24/h1-3,8-9,12-17,19,21-22,27H,4-7,10-11,18,20,33H2,(H,36,39). The number of hydrogen-bond acceptors (Lipinski definition) is 5. The van der Waals surface area contributed by atoms with Crippen LogP contribution in [0.25, 0.3) is 22.2 Å². The smallest absolute Gasteiger partial charge is 0.411 e. The Morgan fingerprint density at radius 2 is 1.82 bits per heavy atom. The maximum Gasteiger partial charge on any atom is 0.411 e. The van der Waals surface area contributed by atoms with Crippen LogP contribution in [0.2, 0.25) is 0 Å². The summed E-state index contributed by atoms with van der Waals surface area (Å²) < 4.78 is 9.67.